The van der Waals surface area contributed by atoms with E-state index in [1.807, 2.05) is 42.5 Å². The predicted octanol–water partition coefficient (Wildman–Crippen LogP) is 6.45. The van der Waals surface area contributed by atoms with Crippen LogP contribution < -0.4 is 30.3 Å². The number of benzene rings is 4. The van der Waals surface area contributed by atoms with Crippen LogP contribution in [0, 0.1) is 0 Å². The lowest BCUT2D eigenvalue weighted by atomic mass is 9.95. The SMILES string of the molecule is CCOC(=O)C1=C(C)NC(=O)N[C@H]1c1ccc(OCC(=O)N/N=C\c2cc(Cl)c(OCc3ccc4ccccc4c3)c(Cl)c2)c(OC)c1. The third-order valence-electron chi connectivity index (χ3n) is 7.26. The normalized spacial score (nSPS) is 14.4. The smallest absolute Gasteiger partial charge is 0.338 e. The number of esters is 1. The zero-order valence-corrected chi connectivity index (χ0v) is 27.8. The minimum absolute atomic E-state index is 0.175. The fourth-order valence-corrected chi connectivity index (χ4v) is 5.65. The molecule has 13 heteroatoms. The maximum Gasteiger partial charge on any atom is 0.338 e. The van der Waals surface area contributed by atoms with Gasteiger partial charge in [-0.3, -0.25) is 4.79 Å². The zero-order valence-electron chi connectivity index (χ0n) is 26.3. The van der Waals surface area contributed by atoms with E-state index >= 15 is 0 Å². The van der Waals surface area contributed by atoms with Crippen LogP contribution in [-0.2, 0) is 20.9 Å². The Labute approximate surface area is 286 Å². The first kappa shape index (κ1) is 34.1. The Balaban J connectivity index is 1.17. The molecular formula is C35H32Cl2N4O7. The fraction of sp³-hybridized carbons (Fsp3) is 0.200. The van der Waals surface area contributed by atoms with Gasteiger partial charge in [0, 0.05) is 5.70 Å². The Kier molecular flexibility index (Phi) is 11.0. The average molecular weight is 692 g/mol. The molecule has 0 aliphatic carbocycles. The molecule has 0 saturated heterocycles. The van der Waals surface area contributed by atoms with Crippen molar-refractivity contribution in [3.63, 3.8) is 0 Å². The van der Waals surface area contributed by atoms with Crippen molar-refractivity contribution in [1.29, 1.82) is 0 Å². The topological polar surface area (TPSA) is 137 Å². The van der Waals surface area contributed by atoms with Crippen molar-refractivity contribution in [1.82, 2.24) is 16.1 Å². The van der Waals surface area contributed by atoms with Gasteiger partial charge in [-0.25, -0.2) is 15.0 Å². The lowest BCUT2D eigenvalue weighted by Crippen LogP contribution is -2.45. The summed E-state index contributed by atoms with van der Waals surface area (Å²) >= 11 is 12.9. The highest BCUT2D eigenvalue weighted by Crippen LogP contribution is 2.36. The molecule has 1 atom stereocenters. The minimum atomic E-state index is -0.786. The van der Waals surface area contributed by atoms with E-state index in [4.69, 9.17) is 42.1 Å². The number of rotatable bonds is 12. The van der Waals surface area contributed by atoms with Gasteiger partial charge < -0.3 is 29.6 Å². The highest BCUT2D eigenvalue weighted by Gasteiger charge is 2.32. The molecule has 1 aliphatic heterocycles. The first-order valence-corrected chi connectivity index (χ1v) is 15.6. The molecule has 11 nitrogen and oxygen atoms in total. The first-order chi connectivity index (χ1) is 23.2. The summed E-state index contributed by atoms with van der Waals surface area (Å²) in [6.45, 7) is 3.39. The van der Waals surface area contributed by atoms with Crippen LogP contribution in [0.25, 0.3) is 10.8 Å². The number of nitrogens with zero attached hydrogens (tertiary/aromatic N) is 1. The molecule has 5 rings (SSSR count). The molecule has 0 saturated carbocycles. The van der Waals surface area contributed by atoms with Crippen LogP contribution >= 0.6 is 23.2 Å². The number of urea groups is 1. The van der Waals surface area contributed by atoms with Gasteiger partial charge in [0.15, 0.2) is 23.9 Å². The first-order valence-electron chi connectivity index (χ1n) is 14.8. The quantitative estimate of drug-likeness (QED) is 0.0882. The van der Waals surface area contributed by atoms with E-state index in [2.05, 4.69) is 21.2 Å². The molecule has 4 aromatic rings. The van der Waals surface area contributed by atoms with Gasteiger partial charge in [-0.2, -0.15) is 5.10 Å². The van der Waals surface area contributed by atoms with Crippen molar-refractivity contribution in [2.45, 2.75) is 26.5 Å². The second kappa shape index (κ2) is 15.6. The van der Waals surface area contributed by atoms with Crippen molar-refractivity contribution in [2.75, 3.05) is 20.3 Å². The monoisotopic (exact) mass is 690 g/mol. The summed E-state index contributed by atoms with van der Waals surface area (Å²) in [4.78, 5) is 37.3. The molecule has 3 N–H and O–H groups in total. The van der Waals surface area contributed by atoms with Crippen molar-refractivity contribution < 1.29 is 33.3 Å². The number of allylic oxidation sites excluding steroid dienone is 1. The summed E-state index contributed by atoms with van der Waals surface area (Å²) < 4.78 is 22.2. The van der Waals surface area contributed by atoms with Crippen LogP contribution in [0.1, 0.15) is 36.6 Å². The van der Waals surface area contributed by atoms with Gasteiger partial charge in [-0.05, 0) is 71.6 Å². The number of amides is 3. The summed E-state index contributed by atoms with van der Waals surface area (Å²) in [5.41, 5.74) is 5.09. The largest absolute Gasteiger partial charge is 0.493 e. The van der Waals surface area contributed by atoms with Crippen LogP contribution in [-0.4, -0.2) is 44.4 Å². The molecule has 0 fully saturated rings. The molecule has 1 heterocycles. The van der Waals surface area contributed by atoms with Crippen molar-refractivity contribution >= 4 is 58.1 Å². The second-order valence-corrected chi connectivity index (χ2v) is 11.4. The Bertz CT molecular complexity index is 1910. The van der Waals surface area contributed by atoms with Gasteiger partial charge in [0.1, 0.15) is 6.61 Å². The van der Waals surface area contributed by atoms with Gasteiger partial charge in [0.05, 0.1) is 41.6 Å². The molecular weight excluding hydrogens is 659 g/mol. The number of nitrogens with one attached hydrogen (secondary N) is 3. The Morgan fingerprint density at radius 3 is 2.44 bits per heavy atom. The summed E-state index contributed by atoms with van der Waals surface area (Å²) in [5.74, 6) is -0.220. The van der Waals surface area contributed by atoms with E-state index in [-0.39, 0.29) is 36.9 Å². The van der Waals surface area contributed by atoms with E-state index in [1.165, 1.54) is 13.3 Å². The van der Waals surface area contributed by atoms with E-state index < -0.39 is 23.9 Å². The van der Waals surface area contributed by atoms with Crippen molar-refractivity contribution in [3.8, 4) is 17.2 Å². The van der Waals surface area contributed by atoms with E-state index in [9.17, 15) is 14.4 Å². The molecule has 48 heavy (non-hydrogen) atoms. The number of hydrazone groups is 1. The Hall–Kier alpha value is -5.26. The lowest BCUT2D eigenvalue weighted by Gasteiger charge is -2.28. The molecule has 0 bridgehead atoms. The third kappa shape index (κ3) is 8.17. The number of hydrogen-bond donors (Lipinski definition) is 3. The third-order valence-corrected chi connectivity index (χ3v) is 7.83. The molecule has 0 spiro atoms. The van der Waals surface area contributed by atoms with Crippen LogP contribution in [0.15, 0.2) is 89.2 Å². The number of halogens is 2. The Morgan fingerprint density at radius 2 is 1.71 bits per heavy atom. The highest BCUT2D eigenvalue weighted by molar-refractivity contribution is 6.37. The number of methoxy groups -OCH3 is 1. The highest BCUT2D eigenvalue weighted by atomic mass is 35.5. The molecule has 3 amide bonds. The number of hydrogen-bond acceptors (Lipinski definition) is 8. The standard InChI is InChI=1S/C35H32Cl2N4O7/c1-4-46-34(43)31-20(2)39-35(44)40-32(31)25-11-12-28(29(16-25)45-3)47-19-30(42)41-38-17-22-14-26(36)33(27(37)15-22)48-18-21-9-10-23-7-5-6-8-24(23)13-21/h5-17,32H,4,18-19H2,1-3H3,(H,41,42)(H2,39,40,44)/b38-17-/t32-/m0/s1. The lowest BCUT2D eigenvalue weighted by molar-refractivity contribution is -0.139. The van der Waals surface area contributed by atoms with E-state index in [0.29, 0.717) is 32.6 Å². The summed E-state index contributed by atoms with van der Waals surface area (Å²) in [7, 11) is 1.43. The summed E-state index contributed by atoms with van der Waals surface area (Å²) in [6, 6.07) is 20.9. The van der Waals surface area contributed by atoms with Crippen molar-refractivity contribution in [2.24, 2.45) is 5.10 Å². The number of fused-ring (bicyclic) bond motifs is 1. The zero-order chi connectivity index (χ0) is 34.2. The Morgan fingerprint density at radius 1 is 0.958 bits per heavy atom. The average Bonchev–Trinajstić information content (AvgIpc) is 3.06. The molecule has 0 radical (unpaired) electrons. The molecule has 4 aromatic carbocycles. The van der Waals surface area contributed by atoms with Gasteiger partial charge in [0.2, 0.25) is 0 Å². The van der Waals surface area contributed by atoms with Gasteiger partial charge >= 0.3 is 12.0 Å². The summed E-state index contributed by atoms with van der Waals surface area (Å²) in [6.07, 6.45) is 1.39. The van der Waals surface area contributed by atoms with Crippen LogP contribution in [0.3, 0.4) is 0 Å². The van der Waals surface area contributed by atoms with Crippen LogP contribution in [0.4, 0.5) is 4.79 Å². The molecule has 0 unspecified atom stereocenters. The predicted molar refractivity (Wildman–Crippen MR) is 183 cm³/mol. The van der Waals surface area contributed by atoms with E-state index in [0.717, 1.165) is 16.3 Å². The molecule has 248 valence electrons. The number of ether oxygens (including phenoxy) is 4. The number of carbonyl (C=O) groups excluding carboxylic acids is 3. The maximum absolute atomic E-state index is 12.6. The maximum atomic E-state index is 12.6. The van der Waals surface area contributed by atoms with Gasteiger partial charge in [-0.1, -0.05) is 65.7 Å². The molecule has 0 aromatic heterocycles. The van der Waals surface area contributed by atoms with Crippen molar-refractivity contribution in [3.05, 3.63) is 111 Å². The van der Waals surface area contributed by atoms with Gasteiger partial charge in [0.25, 0.3) is 5.91 Å². The van der Waals surface area contributed by atoms with Gasteiger partial charge in [-0.15, -0.1) is 0 Å². The second-order valence-electron chi connectivity index (χ2n) is 10.6. The van der Waals surface area contributed by atoms with E-state index in [1.54, 1.807) is 44.2 Å². The fourth-order valence-electron chi connectivity index (χ4n) is 5.04. The minimum Gasteiger partial charge on any atom is -0.493 e. The van der Waals surface area contributed by atoms with Crippen LogP contribution in [0.5, 0.6) is 17.2 Å². The molecule has 1 aliphatic rings. The van der Waals surface area contributed by atoms with Crippen LogP contribution in [0.2, 0.25) is 10.0 Å². The number of carbonyl (C=O) groups is 3. The summed E-state index contributed by atoms with van der Waals surface area (Å²) in [5, 5.41) is 12.1.